The fourth-order valence-corrected chi connectivity index (χ4v) is 2.81. The molecule has 27 heavy (non-hydrogen) atoms. The molecule has 1 heterocycles. The summed E-state index contributed by atoms with van der Waals surface area (Å²) in [5, 5.41) is 5.74. The Kier molecular flexibility index (Phi) is 5.18. The lowest BCUT2D eigenvalue weighted by atomic mass is 10.1. The van der Waals surface area contributed by atoms with E-state index in [1.165, 1.54) is 25.1 Å². The summed E-state index contributed by atoms with van der Waals surface area (Å²) >= 11 is 5.97. The summed E-state index contributed by atoms with van der Waals surface area (Å²) in [6, 6.07) is 7.64. The molecule has 3 rings (SSSR count). The monoisotopic (exact) mass is 389 g/mol. The first-order valence-corrected chi connectivity index (χ1v) is 8.30. The third-order valence-electron chi connectivity index (χ3n) is 3.85. The first-order chi connectivity index (χ1) is 12.8. The minimum absolute atomic E-state index is 0.0632. The van der Waals surface area contributed by atoms with E-state index in [4.69, 9.17) is 26.8 Å². The molecule has 0 aliphatic carbocycles. The zero-order valence-electron chi connectivity index (χ0n) is 14.3. The number of halogens is 1. The summed E-state index contributed by atoms with van der Waals surface area (Å²) in [5.74, 6) is -0.321. The van der Waals surface area contributed by atoms with Crippen LogP contribution in [-0.2, 0) is 4.79 Å². The lowest BCUT2D eigenvalue weighted by Crippen LogP contribution is -2.23. The van der Waals surface area contributed by atoms with Gasteiger partial charge in [-0.05, 0) is 31.2 Å². The second-order valence-corrected chi connectivity index (χ2v) is 6.18. The summed E-state index contributed by atoms with van der Waals surface area (Å²) in [4.78, 5) is 35.3. The van der Waals surface area contributed by atoms with Crippen LogP contribution in [0.3, 0.4) is 0 Å². The zero-order chi connectivity index (χ0) is 19.6. The summed E-state index contributed by atoms with van der Waals surface area (Å²) in [7, 11) is 0. The first-order valence-electron chi connectivity index (χ1n) is 7.93. The molecule has 0 spiro atoms. The Morgan fingerprint density at radius 3 is 2.44 bits per heavy atom. The number of rotatable bonds is 6. The predicted molar refractivity (Wildman–Crippen MR) is 99.7 cm³/mol. The average Bonchev–Trinajstić information content (AvgIpc) is 3.06. The van der Waals surface area contributed by atoms with Crippen LogP contribution < -0.4 is 25.8 Å². The smallest absolute Gasteiger partial charge is 0.250 e. The van der Waals surface area contributed by atoms with Crippen LogP contribution in [-0.4, -0.2) is 30.9 Å². The number of nitrogens with one attached hydrogen (secondary N) is 2. The Bertz CT molecular complexity index is 945. The first kappa shape index (κ1) is 18.5. The van der Waals surface area contributed by atoms with Gasteiger partial charge in [0.25, 0.3) is 0 Å². The molecule has 0 unspecified atom stereocenters. The maximum absolute atomic E-state index is 12.3. The van der Waals surface area contributed by atoms with Gasteiger partial charge in [-0.25, -0.2) is 0 Å². The molecule has 4 N–H and O–H groups in total. The number of Topliss-reactive ketones (excluding diaryl/α,β-unsaturated/α-hetero) is 1. The molecule has 9 heteroatoms. The highest BCUT2D eigenvalue weighted by Crippen LogP contribution is 2.37. The van der Waals surface area contributed by atoms with Gasteiger partial charge in [-0.3, -0.25) is 14.4 Å². The fraction of sp³-hybridized carbons (Fsp3) is 0.167. The van der Waals surface area contributed by atoms with E-state index in [0.717, 1.165) is 0 Å². The SMILES string of the molecule is CC(=O)c1cc2c(cc1NC(=O)CNc1ccc(C(N)=O)c(Cl)c1)OCO2. The number of carbonyl (C=O) groups excluding carboxylic acids is 3. The highest BCUT2D eigenvalue weighted by Gasteiger charge is 2.20. The molecule has 0 fully saturated rings. The van der Waals surface area contributed by atoms with Gasteiger partial charge in [-0.15, -0.1) is 0 Å². The van der Waals surface area contributed by atoms with Crippen molar-refractivity contribution in [3.63, 3.8) is 0 Å². The van der Waals surface area contributed by atoms with E-state index in [0.29, 0.717) is 28.4 Å². The van der Waals surface area contributed by atoms with Crippen molar-refractivity contribution in [3.8, 4) is 11.5 Å². The Morgan fingerprint density at radius 1 is 1.11 bits per heavy atom. The second-order valence-electron chi connectivity index (χ2n) is 5.77. The van der Waals surface area contributed by atoms with E-state index in [-0.39, 0.29) is 35.6 Å². The molecule has 2 amide bonds. The highest BCUT2D eigenvalue weighted by molar-refractivity contribution is 6.34. The molecule has 140 valence electrons. The quantitative estimate of drug-likeness (QED) is 0.652. The Labute approximate surface area is 159 Å². The summed E-state index contributed by atoms with van der Waals surface area (Å²) in [5.41, 5.74) is 6.58. The van der Waals surface area contributed by atoms with Gasteiger partial charge >= 0.3 is 0 Å². The zero-order valence-corrected chi connectivity index (χ0v) is 15.1. The van der Waals surface area contributed by atoms with E-state index >= 15 is 0 Å². The normalized spacial score (nSPS) is 11.8. The van der Waals surface area contributed by atoms with Crippen molar-refractivity contribution in [2.75, 3.05) is 24.0 Å². The number of primary amides is 1. The third-order valence-corrected chi connectivity index (χ3v) is 4.17. The number of hydrogen-bond donors (Lipinski definition) is 3. The molecule has 8 nitrogen and oxygen atoms in total. The average molecular weight is 390 g/mol. The molecule has 0 saturated carbocycles. The number of carbonyl (C=O) groups is 3. The Morgan fingerprint density at radius 2 is 1.81 bits per heavy atom. The largest absolute Gasteiger partial charge is 0.454 e. The minimum atomic E-state index is -0.635. The minimum Gasteiger partial charge on any atom is -0.454 e. The van der Waals surface area contributed by atoms with Gasteiger partial charge in [0.2, 0.25) is 18.6 Å². The van der Waals surface area contributed by atoms with Crippen molar-refractivity contribution < 1.29 is 23.9 Å². The van der Waals surface area contributed by atoms with Crippen LogP contribution in [0.5, 0.6) is 11.5 Å². The predicted octanol–water partition coefficient (Wildman–Crippen LogP) is 2.42. The van der Waals surface area contributed by atoms with E-state index in [9.17, 15) is 14.4 Å². The number of anilines is 2. The number of nitrogens with two attached hydrogens (primary N) is 1. The summed E-state index contributed by atoms with van der Waals surface area (Å²) < 4.78 is 10.5. The number of hydrogen-bond acceptors (Lipinski definition) is 6. The third kappa shape index (κ3) is 4.12. The molecule has 2 aromatic rings. The number of benzene rings is 2. The van der Waals surface area contributed by atoms with Gasteiger partial charge < -0.3 is 25.8 Å². The van der Waals surface area contributed by atoms with Gasteiger partial charge in [-0.2, -0.15) is 0 Å². The van der Waals surface area contributed by atoms with Crippen molar-refractivity contribution in [2.45, 2.75) is 6.92 Å². The topological polar surface area (TPSA) is 120 Å². The van der Waals surface area contributed by atoms with Gasteiger partial charge in [0.1, 0.15) is 0 Å². The Balaban J connectivity index is 1.69. The van der Waals surface area contributed by atoms with E-state index < -0.39 is 5.91 Å². The molecule has 0 bridgehead atoms. The standard InChI is InChI=1S/C18H16ClN3O5/c1-9(23)12-5-15-16(27-8-26-15)6-14(12)22-17(24)7-21-10-2-3-11(18(20)25)13(19)4-10/h2-6,21H,7-8H2,1H3,(H2,20,25)(H,22,24). The van der Waals surface area contributed by atoms with Crippen molar-refractivity contribution in [3.05, 3.63) is 46.5 Å². The van der Waals surface area contributed by atoms with E-state index in [1.54, 1.807) is 12.1 Å². The van der Waals surface area contributed by atoms with Crippen LogP contribution in [0, 0.1) is 0 Å². The summed E-state index contributed by atoms with van der Waals surface area (Å²) in [6.45, 7) is 1.37. The highest BCUT2D eigenvalue weighted by atomic mass is 35.5. The molecule has 1 aliphatic heterocycles. The van der Waals surface area contributed by atoms with Crippen molar-refractivity contribution in [1.29, 1.82) is 0 Å². The number of fused-ring (bicyclic) bond motifs is 1. The lowest BCUT2D eigenvalue weighted by Gasteiger charge is -2.12. The molecule has 2 aromatic carbocycles. The molecule has 0 saturated heterocycles. The number of ketones is 1. The molecule has 0 aromatic heterocycles. The second kappa shape index (κ2) is 7.55. The van der Waals surface area contributed by atoms with Crippen LogP contribution in [0.25, 0.3) is 0 Å². The van der Waals surface area contributed by atoms with Crippen LogP contribution >= 0.6 is 11.6 Å². The number of ether oxygens (including phenoxy) is 2. The Hall–Kier alpha value is -3.26. The molecule has 0 radical (unpaired) electrons. The maximum Gasteiger partial charge on any atom is 0.250 e. The van der Waals surface area contributed by atoms with Gasteiger partial charge in [0, 0.05) is 17.3 Å². The molecular formula is C18H16ClN3O5. The van der Waals surface area contributed by atoms with Crippen molar-refractivity contribution >= 4 is 40.6 Å². The fourth-order valence-electron chi connectivity index (χ4n) is 2.54. The van der Waals surface area contributed by atoms with Gasteiger partial charge in [0.15, 0.2) is 17.3 Å². The number of amides is 2. The van der Waals surface area contributed by atoms with Crippen LogP contribution in [0.15, 0.2) is 30.3 Å². The van der Waals surface area contributed by atoms with Crippen molar-refractivity contribution in [2.24, 2.45) is 5.73 Å². The lowest BCUT2D eigenvalue weighted by molar-refractivity contribution is -0.114. The van der Waals surface area contributed by atoms with Gasteiger partial charge in [0.05, 0.1) is 22.8 Å². The maximum atomic E-state index is 12.3. The molecular weight excluding hydrogens is 374 g/mol. The van der Waals surface area contributed by atoms with E-state index in [1.807, 2.05) is 0 Å². The van der Waals surface area contributed by atoms with Crippen molar-refractivity contribution in [1.82, 2.24) is 0 Å². The summed E-state index contributed by atoms with van der Waals surface area (Å²) in [6.07, 6.45) is 0. The van der Waals surface area contributed by atoms with Crippen LogP contribution in [0.4, 0.5) is 11.4 Å². The molecule has 1 aliphatic rings. The van der Waals surface area contributed by atoms with Crippen LogP contribution in [0.2, 0.25) is 5.02 Å². The molecule has 0 atom stereocenters. The van der Waals surface area contributed by atoms with E-state index in [2.05, 4.69) is 10.6 Å². The van der Waals surface area contributed by atoms with Crippen LogP contribution in [0.1, 0.15) is 27.6 Å². The van der Waals surface area contributed by atoms with Gasteiger partial charge in [-0.1, -0.05) is 11.6 Å².